The summed E-state index contributed by atoms with van der Waals surface area (Å²) in [4.78, 5) is 121. The number of alkyl halides is 1. The third kappa shape index (κ3) is 54.4. The molecule has 0 aliphatic heterocycles. The molecule has 0 fully saturated rings. The maximum atomic E-state index is 11.2. The van der Waals surface area contributed by atoms with Gasteiger partial charge in [0.2, 0.25) is 0 Å². The number of carbonyl (C=O) groups is 8. The van der Waals surface area contributed by atoms with Gasteiger partial charge < -0.3 is 55.3 Å². The Morgan fingerprint density at radius 3 is 0.900 bits per heavy atom. The third-order valence-corrected chi connectivity index (χ3v) is 13.7. The molecule has 0 amide bonds. The van der Waals surface area contributed by atoms with Gasteiger partial charge in [0.05, 0.1) is 85.0 Å². The molecule has 6 aromatic rings. The molecule has 0 bridgehead atoms. The van der Waals surface area contributed by atoms with Gasteiger partial charge in [-0.15, -0.1) is 11.6 Å². The van der Waals surface area contributed by atoms with Gasteiger partial charge in [-0.05, 0) is 98.1 Å². The maximum Gasteiger partial charge on any atom is 1.00 e. The van der Waals surface area contributed by atoms with Crippen LogP contribution >= 0.6 is 23.4 Å². The molecule has 6 heterocycles. The minimum absolute atomic E-state index is 0. The van der Waals surface area contributed by atoms with Crippen LogP contribution in [0.5, 0.6) is 0 Å². The fourth-order valence-electron chi connectivity index (χ4n) is 7.57. The minimum Gasteiger partial charge on any atom is -0.870 e. The van der Waals surface area contributed by atoms with Crippen molar-refractivity contribution in [3.63, 3.8) is 0 Å². The SMILES string of the molecule is C.C.C.C.C.C.CC(=O)OC(C)=O.COC(=O)[C@@H](C)Cc1ccc(CCl)cn1.COC(=O)[C@@H](C)Cc1ccc(CN=[N+]=[N-])cn1.COC(=O)[C@@H](C)Cc1ccc(CO)cn1.COC(=O)[C@H](Cc1ccc(CO)cn1)NCl.C[C@@H](Cc1ccc(CN=[N+]=[N-])cn1)C(=O)O.[Li+].[N-]=[N+]=NCc1ccc(C[C@H](N)C(=O)O)nc1.[OH-]. The number of hydrogen-bond acceptors (Lipinski definition) is 27. The summed E-state index contributed by atoms with van der Waals surface area (Å²) in [6.45, 7) is 10.1. The number of halogens is 2. The normalized spacial score (nSPS) is 10.7. The molecule has 0 saturated carbocycles. The Hall–Kier alpha value is -10.2. The molecule has 6 aromatic heterocycles. The van der Waals surface area contributed by atoms with E-state index in [0.717, 1.165) is 56.2 Å². The molecular weight excluding hydrogens is 1470 g/mol. The van der Waals surface area contributed by atoms with Crippen LogP contribution in [0, 0.1) is 23.7 Å². The van der Waals surface area contributed by atoms with Gasteiger partial charge in [0.25, 0.3) is 0 Å². The first-order valence-corrected chi connectivity index (χ1v) is 31.5. The number of azide groups is 3. The molecule has 0 radical (unpaired) electrons. The molecule has 0 spiro atoms. The van der Waals surface area contributed by atoms with Crippen LogP contribution in [-0.2, 0) is 139 Å². The zero-order valence-corrected chi connectivity index (χ0v) is 60.9. The number of aliphatic hydroxyl groups is 2. The summed E-state index contributed by atoms with van der Waals surface area (Å²) in [6.07, 6.45) is 12.3. The van der Waals surface area contributed by atoms with Crippen molar-refractivity contribution in [3.8, 4) is 0 Å². The summed E-state index contributed by atoms with van der Waals surface area (Å²) >= 11 is 11.1. The van der Waals surface area contributed by atoms with Crippen molar-refractivity contribution >= 4 is 71.1 Å². The standard InChI is InChI=1S/C11H14ClNO2.C11H14N4O2.C11H15NO3.C10H13ClN2O3.C10H12N4O2.C9H11N5O2.C4H6O3.6CH4.Li.H2O/c1-8(11(14)15-2)5-10-4-3-9(6-12)7-13-10;1-8(11(16)17-2)5-10-4-3-9(6-13-10)7-14-15-12;1-8(11(14)15-2)5-10-4-3-9(7-13)6-12-10;1-16-10(15)9(13-11)4-8-3-2-7(6-14)5-12-8;1-7(10(15)16)4-9-3-2-8(5-12-9)6-13-14-11;10-8(9(15)16)3-7-2-1-6(4-12-7)5-13-14-11;1-3(5)7-4(2)6;;;;;;;;/h3-4,7-8H,5-6H2,1-2H3;3-4,6,8H,5,7H2,1-2H3;3-4,6,8,13H,5,7H2,1-2H3;2-3,5,9,13-14H,4,6H2,1H3;2-3,5,7H,4,6H2,1H3,(H,15,16);1-2,4,8H,3,5,10H2,(H,15,16);1-2H3;6*1H4;;1H2/q;;;;;;;;;;;;;+1;/p-1/t3*8-;9-;7-;8-;;;;;;;;;/m000000........./s1. The molecule has 606 valence electrons. The summed E-state index contributed by atoms with van der Waals surface area (Å²) in [7, 11) is 5.44. The van der Waals surface area contributed by atoms with E-state index in [1.165, 1.54) is 42.3 Å². The second-order valence-corrected chi connectivity index (χ2v) is 22.0. The number of hydrogen-bond donors (Lipinski definition) is 6. The van der Waals surface area contributed by atoms with Gasteiger partial charge in [0.1, 0.15) is 12.1 Å². The van der Waals surface area contributed by atoms with Crippen molar-refractivity contribution in [2.24, 2.45) is 44.7 Å². The molecule has 8 N–H and O–H groups in total. The smallest absolute Gasteiger partial charge is 0.870 e. The van der Waals surface area contributed by atoms with E-state index in [4.69, 9.17) is 66.1 Å². The number of nitrogens with zero attached hydrogens (tertiary/aromatic N) is 15. The van der Waals surface area contributed by atoms with E-state index in [-0.39, 0.29) is 144 Å². The average Bonchev–Trinajstić information content (AvgIpc) is 0.924. The van der Waals surface area contributed by atoms with Crippen molar-refractivity contribution in [1.82, 2.24) is 34.7 Å². The van der Waals surface area contributed by atoms with E-state index >= 15 is 0 Å². The molecule has 0 saturated heterocycles. The van der Waals surface area contributed by atoms with E-state index in [1.54, 1.807) is 100 Å². The number of carboxylic acid groups (broad SMARTS) is 2. The molecule has 6 rings (SSSR count). The van der Waals surface area contributed by atoms with Crippen molar-refractivity contribution in [2.45, 2.75) is 175 Å². The van der Waals surface area contributed by atoms with Crippen molar-refractivity contribution < 1.29 is 107 Å². The van der Waals surface area contributed by atoms with Crippen LogP contribution in [0.3, 0.4) is 0 Å². The maximum absolute atomic E-state index is 11.2. The van der Waals surface area contributed by atoms with Crippen LogP contribution in [0.15, 0.2) is 125 Å². The topological polar surface area (TPSA) is 555 Å². The zero-order chi connectivity index (χ0) is 77.0. The molecular formula is C72H110Cl2LiN17O18. The van der Waals surface area contributed by atoms with Crippen molar-refractivity contribution in [1.29, 1.82) is 0 Å². The third-order valence-electron chi connectivity index (χ3n) is 13.1. The number of aromatic nitrogens is 6. The van der Waals surface area contributed by atoms with Gasteiger partial charge in [0, 0.05) is 144 Å². The molecule has 0 aromatic carbocycles. The molecule has 6 atom stereocenters. The van der Waals surface area contributed by atoms with Gasteiger partial charge in [-0.2, -0.15) is 0 Å². The summed E-state index contributed by atoms with van der Waals surface area (Å²) in [5.41, 5.74) is 39.2. The predicted molar refractivity (Wildman–Crippen MR) is 413 cm³/mol. The average molecular weight is 1580 g/mol. The van der Waals surface area contributed by atoms with E-state index in [9.17, 15) is 38.4 Å². The van der Waals surface area contributed by atoms with Crippen molar-refractivity contribution in [2.75, 3.05) is 28.4 Å². The zero-order valence-electron chi connectivity index (χ0n) is 59.4. The number of methoxy groups -OCH3 is 4. The van der Waals surface area contributed by atoms with Crippen LogP contribution < -0.4 is 29.4 Å². The Balaban J connectivity index is -0.000000154. The predicted octanol–water partition coefficient (Wildman–Crippen LogP) is 9.48. The van der Waals surface area contributed by atoms with Crippen LogP contribution in [0.25, 0.3) is 31.3 Å². The van der Waals surface area contributed by atoms with Gasteiger partial charge >= 0.3 is 66.6 Å². The fraction of sp³-hybridized carbons (Fsp3) is 0.472. The summed E-state index contributed by atoms with van der Waals surface area (Å²) < 4.78 is 22.4. The minimum atomic E-state index is -1.06. The number of rotatable bonds is 28. The quantitative estimate of drug-likeness (QED) is 0.00306. The number of aliphatic hydroxyl groups excluding tert-OH is 2. The number of aliphatic carboxylic acids is 2. The van der Waals surface area contributed by atoms with Crippen LogP contribution in [0.4, 0.5) is 0 Å². The first-order chi connectivity index (χ1) is 48.6. The Kier molecular flexibility index (Phi) is 75.6. The monoisotopic (exact) mass is 1580 g/mol. The Morgan fingerprint density at radius 1 is 0.445 bits per heavy atom. The van der Waals surface area contributed by atoms with Gasteiger partial charge in [0.15, 0.2) is 0 Å². The number of nitrogens with one attached hydrogen (secondary N) is 1. The number of nitrogens with two attached hydrogens (primary N) is 1. The van der Waals surface area contributed by atoms with Gasteiger partial charge in [-0.1, -0.05) is 124 Å². The fourth-order valence-corrected chi connectivity index (χ4v) is 7.89. The van der Waals surface area contributed by atoms with Crippen LogP contribution in [0.2, 0.25) is 0 Å². The molecule has 110 heavy (non-hydrogen) atoms. The summed E-state index contributed by atoms with van der Waals surface area (Å²) in [5.74, 6) is -4.70. The number of pyridine rings is 6. The Labute approximate surface area is 666 Å². The van der Waals surface area contributed by atoms with E-state index in [2.05, 4.69) is 88.5 Å². The number of carboxylic acids is 2. The molecule has 0 aliphatic carbocycles. The molecule has 0 unspecified atom stereocenters. The largest absolute Gasteiger partial charge is 1.00 e. The number of ether oxygens (including phenoxy) is 5. The van der Waals surface area contributed by atoms with Gasteiger partial charge in [-0.25, -0.2) is 4.84 Å². The van der Waals surface area contributed by atoms with Crippen LogP contribution in [0.1, 0.15) is 154 Å². The first-order valence-electron chi connectivity index (χ1n) is 30.6. The second kappa shape index (κ2) is 70.4. The van der Waals surface area contributed by atoms with E-state index in [1.807, 2.05) is 37.3 Å². The molecule has 0 aliphatic rings. The number of carbonyl (C=O) groups excluding carboxylic acids is 6. The van der Waals surface area contributed by atoms with Crippen molar-refractivity contribution in [3.05, 3.63) is 209 Å². The Morgan fingerprint density at radius 2 is 0.700 bits per heavy atom. The number of esters is 6. The van der Waals surface area contributed by atoms with Gasteiger partial charge in [-0.3, -0.25) is 68.3 Å². The Bertz CT molecular complexity index is 3500. The van der Waals surface area contributed by atoms with Crippen LogP contribution in [-0.4, -0.2) is 144 Å². The second-order valence-electron chi connectivity index (χ2n) is 21.5. The molecule has 38 heteroatoms. The summed E-state index contributed by atoms with van der Waals surface area (Å²) in [5, 5.41) is 45.2. The van der Waals surface area contributed by atoms with E-state index in [0.29, 0.717) is 49.4 Å². The van der Waals surface area contributed by atoms with E-state index < -0.39 is 47.8 Å². The first kappa shape index (κ1) is 118. The molecule has 35 nitrogen and oxygen atoms in total. The summed E-state index contributed by atoms with van der Waals surface area (Å²) in [6, 6.07) is 19.9.